The molecule has 1 aliphatic rings. The Morgan fingerprint density at radius 2 is 2.26 bits per heavy atom. The molecule has 0 aliphatic heterocycles. The van der Waals surface area contributed by atoms with E-state index in [1.165, 1.54) is 12.8 Å². The summed E-state index contributed by atoms with van der Waals surface area (Å²) in [5.74, 6) is 2.53. The third-order valence-electron chi connectivity index (χ3n) is 6.06. The number of nitrogens with one attached hydrogen (secondary N) is 2. The van der Waals surface area contributed by atoms with Crippen LogP contribution in [-0.2, 0) is 9.53 Å². The van der Waals surface area contributed by atoms with Crippen molar-refractivity contribution in [1.29, 1.82) is 0 Å². The molecule has 1 amide bonds. The average molecular weight is 374 g/mol. The Kier molecular flexibility index (Phi) is 6.31. The maximum absolute atomic E-state index is 11.3. The Balaban J connectivity index is 1.66. The minimum Gasteiger partial charge on any atom is -0.371 e. The van der Waals surface area contributed by atoms with Crippen molar-refractivity contribution in [2.75, 3.05) is 32.2 Å². The molecule has 0 spiro atoms. The lowest BCUT2D eigenvalue weighted by Gasteiger charge is -2.42. The van der Waals surface area contributed by atoms with Crippen LogP contribution < -0.4 is 10.2 Å². The summed E-state index contributed by atoms with van der Waals surface area (Å²) in [6, 6.07) is 2.47. The minimum absolute atomic E-state index is 0.0728. The molecule has 1 aliphatic carbocycles. The highest BCUT2D eigenvalue weighted by Crippen LogP contribution is 2.38. The van der Waals surface area contributed by atoms with Gasteiger partial charge in [0.25, 0.3) is 0 Å². The van der Waals surface area contributed by atoms with Gasteiger partial charge in [0, 0.05) is 26.3 Å². The molecule has 0 aromatic carbocycles. The first kappa shape index (κ1) is 19.6. The summed E-state index contributed by atoms with van der Waals surface area (Å²) in [6.45, 7) is 5.33. The van der Waals surface area contributed by atoms with Crippen molar-refractivity contribution in [2.24, 2.45) is 17.8 Å². The van der Waals surface area contributed by atoms with Gasteiger partial charge in [-0.2, -0.15) is 0 Å². The molecule has 0 radical (unpaired) electrons. The molecule has 3 rings (SSSR count). The monoisotopic (exact) mass is 373 g/mol. The van der Waals surface area contributed by atoms with Crippen LogP contribution >= 0.6 is 0 Å². The van der Waals surface area contributed by atoms with E-state index >= 15 is 0 Å². The van der Waals surface area contributed by atoms with Crippen molar-refractivity contribution in [3.05, 3.63) is 18.6 Å². The van der Waals surface area contributed by atoms with E-state index < -0.39 is 0 Å². The Labute approximate surface area is 160 Å². The van der Waals surface area contributed by atoms with Crippen molar-refractivity contribution in [3.8, 4) is 0 Å². The first-order valence-electron chi connectivity index (χ1n) is 9.80. The summed E-state index contributed by atoms with van der Waals surface area (Å²) in [5.41, 5.74) is 0.878. The second-order valence-corrected chi connectivity index (χ2v) is 7.83. The van der Waals surface area contributed by atoms with Crippen LogP contribution in [0, 0.1) is 17.8 Å². The number of rotatable bonds is 7. The van der Waals surface area contributed by atoms with Crippen molar-refractivity contribution in [2.45, 2.75) is 39.2 Å². The molecule has 1 fully saturated rings. The second kappa shape index (κ2) is 8.69. The van der Waals surface area contributed by atoms with Gasteiger partial charge in [0.2, 0.25) is 5.91 Å². The van der Waals surface area contributed by atoms with E-state index in [1.54, 1.807) is 13.4 Å². The number of aromatic nitrogens is 3. The number of carbonyl (C=O) groups excluding carboxylic acids is 1. The van der Waals surface area contributed by atoms with Gasteiger partial charge in [-0.15, -0.1) is 0 Å². The summed E-state index contributed by atoms with van der Waals surface area (Å²) < 4.78 is 5.61. The minimum atomic E-state index is -0.0728. The SMILES string of the molecule is CNC(=O)COC[C@H](C)[C@H]1CC[C@@H](C)[C@@H](N(C)c2ncnc3[nH]ccc23)C1. The number of hydrogen-bond donors (Lipinski definition) is 2. The van der Waals surface area contributed by atoms with Gasteiger partial charge < -0.3 is 19.9 Å². The molecule has 27 heavy (non-hydrogen) atoms. The number of H-pyrrole nitrogens is 1. The molecule has 0 bridgehead atoms. The largest absolute Gasteiger partial charge is 0.371 e. The first-order chi connectivity index (χ1) is 13.0. The molecule has 4 atom stereocenters. The first-order valence-corrected chi connectivity index (χ1v) is 9.80. The Hall–Kier alpha value is -2.15. The van der Waals surface area contributed by atoms with Crippen molar-refractivity contribution in [3.63, 3.8) is 0 Å². The Morgan fingerprint density at radius 1 is 1.44 bits per heavy atom. The van der Waals surface area contributed by atoms with Crippen LogP contribution in [-0.4, -0.2) is 54.2 Å². The van der Waals surface area contributed by atoms with Gasteiger partial charge in [-0.1, -0.05) is 13.8 Å². The zero-order valence-electron chi connectivity index (χ0n) is 16.7. The van der Waals surface area contributed by atoms with Crippen LogP contribution in [0.1, 0.15) is 33.1 Å². The fourth-order valence-electron chi connectivity index (χ4n) is 4.23. The van der Waals surface area contributed by atoms with Gasteiger partial charge in [-0.05, 0) is 43.1 Å². The number of hydrogen-bond acceptors (Lipinski definition) is 5. The molecule has 2 aromatic heterocycles. The highest BCUT2D eigenvalue weighted by molar-refractivity contribution is 5.87. The lowest BCUT2D eigenvalue weighted by atomic mass is 9.74. The number of fused-ring (bicyclic) bond motifs is 1. The molecule has 7 nitrogen and oxygen atoms in total. The van der Waals surface area contributed by atoms with Crippen LogP contribution in [0.4, 0.5) is 5.82 Å². The highest BCUT2D eigenvalue weighted by Gasteiger charge is 2.34. The molecule has 1 saturated carbocycles. The molecule has 0 saturated heterocycles. The molecular weight excluding hydrogens is 342 g/mol. The molecule has 2 heterocycles. The number of aromatic amines is 1. The summed E-state index contributed by atoms with van der Waals surface area (Å²) in [5, 5.41) is 3.66. The van der Waals surface area contributed by atoms with Gasteiger partial charge in [-0.25, -0.2) is 9.97 Å². The lowest BCUT2D eigenvalue weighted by Crippen LogP contribution is -2.43. The normalized spacial score (nSPS) is 23.9. The van der Waals surface area contributed by atoms with Crippen LogP contribution in [0.15, 0.2) is 18.6 Å². The van der Waals surface area contributed by atoms with Gasteiger partial charge in [0.05, 0.1) is 12.0 Å². The van der Waals surface area contributed by atoms with E-state index in [9.17, 15) is 4.79 Å². The number of likely N-dealkylation sites (N-methyl/N-ethyl adjacent to an activating group) is 1. The van der Waals surface area contributed by atoms with Gasteiger partial charge in [0.15, 0.2) is 0 Å². The van der Waals surface area contributed by atoms with Crippen LogP contribution in [0.5, 0.6) is 0 Å². The summed E-state index contributed by atoms with van der Waals surface area (Å²) in [6.07, 6.45) is 7.05. The van der Waals surface area contributed by atoms with Gasteiger partial charge in [0.1, 0.15) is 24.4 Å². The number of anilines is 1. The molecular formula is C20H31N5O2. The Bertz CT molecular complexity index is 762. The fraction of sp³-hybridized carbons (Fsp3) is 0.650. The van der Waals surface area contributed by atoms with Crippen LogP contribution in [0.2, 0.25) is 0 Å². The topological polar surface area (TPSA) is 83.1 Å². The third kappa shape index (κ3) is 4.40. The van der Waals surface area contributed by atoms with E-state index in [0.29, 0.717) is 30.4 Å². The standard InChI is InChI=1S/C20H31N5O2/c1-13-5-6-15(14(2)10-27-11-18(26)21-3)9-17(13)25(4)20-16-7-8-22-19(16)23-12-24-20/h7-8,12-15,17H,5-6,9-11H2,1-4H3,(H,21,26)(H,22,23,24)/t13-,14+,15+,17+/m1/s1. The number of ether oxygens (including phenoxy) is 1. The quantitative estimate of drug-likeness (QED) is 0.779. The van der Waals surface area contributed by atoms with Crippen molar-refractivity contribution in [1.82, 2.24) is 20.3 Å². The summed E-state index contributed by atoms with van der Waals surface area (Å²) >= 11 is 0. The summed E-state index contributed by atoms with van der Waals surface area (Å²) in [7, 11) is 3.78. The van der Waals surface area contributed by atoms with Crippen LogP contribution in [0.25, 0.3) is 11.0 Å². The van der Waals surface area contributed by atoms with Gasteiger partial charge >= 0.3 is 0 Å². The predicted molar refractivity (Wildman–Crippen MR) is 107 cm³/mol. The van der Waals surface area contributed by atoms with Crippen molar-refractivity contribution >= 4 is 22.8 Å². The Morgan fingerprint density at radius 3 is 3.04 bits per heavy atom. The van der Waals surface area contributed by atoms with E-state index in [-0.39, 0.29) is 12.5 Å². The van der Waals surface area contributed by atoms with E-state index in [2.05, 4.69) is 46.1 Å². The van der Waals surface area contributed by atoms with Gasteiger partial charge in [-0.3, -0.25) is 4.79 Å². The van der Waals surface area contributed by atoms with E-state index in [0.717, 1.165) is 23.3 Å². The molecule has 0 unspecified atom stereocenters. The third-order valence-corrected chi connectivity index (χ3v) is 6.06. The number of carbonyl (C=O) groups is 1. The average Bonchev–Trinajstić information content (AvgIpc) is 3.16. The zero-order chi connectivity index (χ0) is 19.4. The number of amides is 1. The van der Waals surface area contributed by atoms with Crippen LogP contribution in [0.3, 0.4) is 0 Å². The van der Waals surface area contributed by atoms with E-state index in [1.807, 2.05) is 12.3 Å². The molecule has 2 aromatic rings. The zero-order valence-corrected chi connectivity index (χ0v) is 16.7. The lowest BCUT2D eigenvalue weighted by molar-refractivity contribution is -0.125. The smallest absolute Gasteiger partial charge is 0.245 e. The highest BCUT2D eigenvalue weighted by atomic mass is 16.5. The maximum Gasteiger partial charge on any atom is 0.245 e. The van der Waals surface area contributed by atoms with E-state index in [4.69, 9.17) is 4.74 Å². The second-order valence-electron chi connectivity index (χ2n) is 7.83. The molecule has 7 heteroatoms. The fourth-order valence-corrected chi connectivity index (χ4v) is 4.23. The summed E-state index contributed by atoms with van der Waals surface area (Å²) in [4.78, 5) is 25.7. The predicted octanol–water partition coefficient (Wildman–Crippen LogP) is 2.60. The maximum atomic E-state index is 11.3. The molecule has 148 valence electrons. The molecule has 2 N–H and O–H groups in total. The number of nitrogens with zero attached hydrogens (tertiary/aromatic N) is 3. The van der Waals surface area contributed by atoms with Crippen molar-refractivity contribution < 1.29 is 9.53 Å².